The Morgan fingerprint density at radius 3 is 2.18 bits per heavy atom. The molecule has 0 atom stereocenters. The Kier molecular flexibility index (Phi) is 11.0. The third-order valence-corrected chi connectivity index (χ3v) is 2.74. The highest BCUT2D eigenvalue weighted by atomic mass is 16.2. The van der Waals surface area contributed by atoms with E-state index in [4.69, 9.17) is 0 Å². The van der Waals surface area contributed by atoms with Crippen LogP contribution in [0.3, 0.4) is 0 Å². The van der Waals surface area contributed by atoms with Gasteiger partial charge in [0.15, 0.2) is 0 Å². The maximum atomic E-state index is 11.3. The lowest BCUT2D eigenvalue weighted by atomic mass is 10.1. The van der Waals surface area contributed by atoms with Crippen LogP contribution >= 0.6 is 0 Å². The Morgan fingerprint density at radius 1 is 0.882 bits per heavy atom. The number of carbonyl (C=O) groups is 2. The molecule has 0 radical (unpaired) electrons. The van der Waals surface area contributed by atoms with Gasteiger partial charge in [-0.3, -0.25) is 9.59 Å². The van der Waals surface area contributed by atoms with Crippen LogP contribution in [0, 0.1) is 0 Å². The average Bonchev–Trinajstić information content (AvgIpc) is 2.28. The zero-order valence-electron chi connectivity index (χ0n) is 11.4. The molecule has 0 saturated heterocycles. The zero-order chi connectivity index (χ0) is 12.9. The highest BCUT2D eigenvalue weighted by Gasteiger charge is 2.07. The van der Waals surface area contributed by atoms with Gasteiger partial charge in [-0.05, 0) is 12.8 Å². The van der Waals surface area contributed by atoms with Crippen molar-refractivity contribution in [1.82, 2.24) is 5.32 Å². The van der Waals surface area contributed by atoms with Gasteiger partial charge in [-0.25, -0.2) is 0 Å². The van der Waals surface area contributed by atoms with Gasteiger partial charge < -0.3 is 5.32 Å². The van der Waals surface area contributed by atoms with E-state index < -0.39 is 0 Å². The normalized spacial score (nSPS) is 10.2. The van der Waals surface area contributed by atoms with E-state index in [1.807, 2.05) is 6.92 Å². The van der Waals surface area contributed by atoms with Gasteiger partial charge >= 0.3 is 0 Å². The molecule has 0 aromatic heterocycles. The zero-order valence-corrected chi connectivity index (χ0v) is 11.4. The Bertz CT molecular complexity index is 214. The number of Topliss-reactive ketones (excluding diaryl/α,β-unsaturated/α-hetero) is 1. The van der Waals surface area contributed by atoms with Crippen LogP contribution in [0.5, 0.6) is 0 Å². The maximum Gasteiger partial charge on any atom is 0.227 e. The lowest BCUT2D eigenvalue weighted by Gasteiger charge is -2.04. The quantitative estimate of drug-likeness (QED) is 0.446. The molecule has 17 heavy (non-hydrogen) atoms. The average molecular weight is 241 g/mol. The van der Waals surface area contributed by atoms with Crippen LogP contribution in [0.25, 0.3) is 0 Å². The molecule has 0 aromatic carbocycles. The molecule has 1 N–H and O–H groups in total. The molecule has 0 spiro atoms. The van der Waals surface area contributed by atoms with Crippen molar-refractivity contribution in [2.75, 3.05) is 6.54 Å². The summed E-state index contributed by atoms with van der Waals surface area (Å²) >= 11 is 0. The van der Waals surface area contributed by atoms with Crippen LogP contribution in [-0.2, 0) is 9.59 Å². The van der Waals surface area contributed by atoms with Gasteiger partial charge in [0.1, 0.15) is 5.78 Å². The van der Waals surface area contributed by atoms with Gasteiger partial charge in [-0.2, -0.15) is 0 Å². The standard InChI is InChI=1S/C14H27NO2/c1-3-5-6-7-8-9-11-15-14(17)12-13(16)10-4-2/h3-12H2,1-2H3,(H,15,17). The molecule has 0 saturated carbocycles. The summed E-state index contributed by atoms with van der Waals surface area (Å²) in [6.07, 6.45) is 8.70. The van der Waals surface area contributed by atoms with Crippen LogP contribution in [0.2, 0.25) is 0 Å². The molecule has 3 heteroatoms. The second kappa shape index (κ2) is 11.6. The third-order valence-electron chi connectivity index (χ3n) is 2.74. The summed E-state index contributed by atoms with van der Waals surface area (Å²) in [6.45, 7) is 4.87. The Morgan fingerprint density at radius 2 is 1.53 bits per heavy atom. The van der Waals surface area contributed by atoms with Crippen LogP contribution in [0.1, 0.15) is 71.6 Å². The van der Waals surface area contributed by atoms with Crippen molar-refractivity contribution in [3.8, 4) is 0 Å². The minimum absolute atomic E-state index is 0.0490. The lowest BCUT2D eigenvalue weighted by Crippen LogP contribution is -2.26. The maximum absolute atomic E-state index is 11.3. The number of hydrogen-bond acceptors (Lipinski definition) is 2. The molecule has 0 aromatic rings. The summed E-state index contributed by atoms with van der Waals surface area (Å²) in [5, 5.41) is 2.80. The molecule has 3 nitrogen and oxygen atoms in total. The number of unbranched alkanes of at least 4 members (excludes halogenated alkanes) is 5. The first kappa shape index (κ1) is 16.1. The van der Waals surface area contributed by atoms with Gasteiger partial charge in [0.2, 0.25) is 5.91 Å². The molecule has 100 valence electrons. The number of nitrogens with one attached hydrogen (secondary N) is 1. The van der Waals surface area contributed by atoms with Crippen LogP contribution < -0.4 is 5.32 Å². The summed E-state index contributed by atoms with van der Waals surface area (Å²) in [5.41, 5.74) is 0. The van der Waals surface area contributed by atoms with Gasteiger partial charge in [0.05, 0.1) is 6.42 Å². The number of rotatable bonds is 11. The first-order chi connectivity index (χ1) is 8.20. The van der Waals surface area contributed by atoms with E-state index in [9.17, 15) is 9.59 Å². The van der Waals surface area contributed by atoms with Crippen molar-refractivity contribution in [2.45, 2.75) is 71.6 Å². The second-order valence-corrected chi connectivity index (χ2v) is 4.58. The van der Waals surface area contributed by atoms with Crippen molar-refractivity contribution >= 4 is 11.7 Å². The monoisotopic (exact) mass is 241 g/mol. The van der Waals surface area contributed by atoms with Crippen LogP contribution in [0.4, 0.5) is 0 Å². The van der Waals surface area contributed by atoms with E-state index in [-0.39, 0.29) is 18.1 Å². The Labute approximate surface area is 105 Å². The predicted molar refractivity (Wildman–Crippen MR) is 70.9 cm³/mol. The summed E-state index contributed by atoms with van der Waals surface area (Å²) in [7, 11) is 0. The van der Waals surface area contributed by atoms with E-state index >= 15 is 0 Å². The Balaban J connectivity index is 3.30. The van der Waals surface area contributed by atoms with Crippen LogP contribution in [-0.4, -0.2) is 18.2 Å². The molecule has 1 amide bonds. The van der Waals surface area contributed by atoms with Crippen LogP contribution in [0.15, 0.2) is 0 Å². The van der Waals surface area contributed by atoms with E-state index in [0.717, 1.165) is 12.8 Å². The topological polar surface area (TPSA) is 46.2 Å². The largest absolute Gasteiger partial charge is 0.356 e. The molecule has 0 aliphatic rings. The number of hydrogen-bond donors (Lipinski definition) is 1. The van der Waals surface area contributed by atoms with Crippen molar-refractivity contribution in [3.05, 3.63) is 0 Å². The third kappa shape index (κ3) is 11.4. The van der Waals surface area contributed by atoms with Gasteiger partial charge in [0, 0.05) is 13.0 Å². The molecular formula is C14H27NO2. The summed E-state index contributed by atoms with van der Waals surface area (Å²) in [5.74, 6) is -0.0649. The molecule has 0 aliphatic heterocycles. The molecule has 0 unspecified atom stereocenters. The SMILES string of the molecule is CCCCCCCCNC(=O)CC(=O)CCC. The van der Waals surface area contributed by atoms with Crippen molar-refractivity contribution < 1.29 is 9.59 Å². The molecule has 0 heterocycles. The molecule has 0 aliphatic carbocycles. The minimum atomic E-state index is -0.114. The van der Waals surface area contributed by atoms with E-state index in [1.165, 1.54) is 32.1 Å². The van der Waals surface area contributed by atoms with E-state index in [2.05, 4.69) is 12.2 Å². The smallest absolute Gasteiger partial charge is 0.227 e. The second-order valence-electron chi connectivity index (χ2n) is 4.58. The molecule has 0 fully saturated rings. The summed E-state index contributed by atoms with van der Waals surface area (Å²) in [6, 6.07) is 0. The highest BCUT2D eigenvalue weighted by Crippen LogP contribution is 2.04. The van der Waals surface area contributed by atoms with Crippen molar-refractivity contribution in [1.29, 1.82) is 0 Å². The minimum Gasteiger partial charge on any atom is -0.356 e. The van der Waals surface area contributed by atoms with E-state index in [1.54, 1.807) is 0 Å². The number of amides is 1. The van der Waals surface area contributed by atoms with Crippen molar-refractivity contribution in [2.24, 2.45) is 0 Å². The fraction of sp³-hybridized carbons (Fsp3) is 0.857. The van der Waals surface area contributed by atoms with Crippen molar-refractivity contribution in [3.63, 3.8) is 0 Å². The first-order valence-electron chi connectivity index (χ1n) is 6.99. The fourth-order valence-electron chi connectivity index (χ4n) is 1.74. The van der Waals surface area contributed by atoms with E-state index in [0.29, 0.717) is 13.0 Å². The summed E-state index contributed by atoms with van der Waals surface area (Å²) in [4.78, 5) is 22.5. The predicted octanol–water partition coefficient (Wildman–Crippen LogP) is 3.22. The fourth-order valence-corrected chi connectivity index (χ4v) is 1.74. The lowest BCUT2D eigenvalue weighted by molar-refractivity contribution is -0.128. The molecule has 0 bridgehead atoms. The number of ketones is 1. The van der Waals surface area contributed by atoms with Gasteiger partial charge in [-0.1, -0.05) is 46.0 Å². The Hall–Kier alpha value is -0.860. The first-order valence-corrected chi connectivity index (χ1v) is 6.99. The van der Waals surface area contributed by atoms with Gasteiger partial charge in [-0.15, -0.1) is 0 Å². The number of carbonyl (C=O) groups excluding carboxylic acids is 2. The summed E-state index contributed by atoms with van der Waals surface area (Å²) < 4.78 is 0. The molecular weight excluding hydrogens is 214 g/mol. The highest BCUT2D eigenvalue weighted by molar-refractivity contribution is 5.97. The molecule has 0 rings (SSSR count). The van der Waals surface area contributed by atoms with Gasteiger partial charge in [0.25, 0.3) is 0 Å².